The Morgan fingerprint density at radius 1 is 1.69 bits per heavy atom. The zero-order valence-electron chi connectivity index (χ0n) is 8.96. The number of hydrogen-bond donors (Lipinski definition) is 2. The van der Waals surface area contributed by atoms with Crippen LogP contribution in [0.4, 0.5) is 0 Å². The van der Waals surface area contributed by atoms with Gasteiger partial charge in [-0.15, -0.1) is 11.3 Å². The molecule has 2 heterocycles. The average molecular weight is 303 g/mol. The van der Waals surface area contributed by atoms with Crippen LogP contribution in [-0.2, 0) is 0 Å². The van der Waals surface area contributed by atoms with Crippen LogP contribution in [0.3, 0.4) is 0 Å². The normalized spacial score (nSPS) is 19.9. The van der Waals surface area contributed by atoms with Gasteiger partial charge >= 0.3 is 0 Å². The number of thiophene rings is 1. The lowest BCUT2D eigenvalue weighted by Crippen LogP contribution is -2.30. The van der Waals surface area contributed by atoms with Gasteiger partial charge in [-0.25, -0.2) is 0 Å². The molecule has 0 bridgehead atoms. The summed E-state index contributed by atoms with van der Waals surface area (Å²) >= 11 is 4.89. The van der Waals surface area contributed by atoms with Crippen LogP contribution in [0.1, 0.15) is 29.6 Å². The van der Waals surface area contributed by atoms with E-state index < -0.39 is 0 Å². The monoisotopic (exact) mass is 302 g/mol. The Morgan fingerprint density at radius 3 is 3.19 bits per heavy atom. The van der Waals surface area contributed by atoms with Crippen molar-refractivity contribution in [3.05, 3.63) is 20.8 Å². The van der Waals surface area contributed by atoms with E-state index in [1.807, 2.05) is 11.4 Å². The number of hydrogen-bond acceptors (Lipinski definition) is 3. The van der Waals surface area contributed by atoms with Gasteiger partial charge in [-0.3, -0.25) is 4.79 Å². The topological polar surface area (TPSA) is 41.1 Å². The maximum atomic E-state index is 11.7. The number of carbonyl (C=O) groups is 1. The molecule has 2 N–H and O–H groups in total. The molecule has 0 aliphatic carbocycles. The largest absolute Gasteiger partial charge is 0.352 e. The first kappa shape index (κ1) is 12.1. The molecule has 0 radical (unpaired) electrons. The van der Waals surface area contributed by atoms with Crippen LogP contribution in [0, 0.1) is 0 Å². The molecule has 1 aromatic heterocycles. The molecule has 0 aromatic carbocycles. The van der Waals surface area contributed by atoms with Gasteiger partial charge in [0.25, 0.3) is 5.91 Å². The van der Waals surface area contributed by atoms with E-state index in [4.69, 9.17) is 0 Å². The summed E-state index contributed by atoms with van der Waals surface area (Å²) < 4.78 is 0.995. The second-order valence-electron chi connectivity index (χ2n) is 3.98. The smallest absolute Gasteiger partial charge is 0.252 e. The van der Waals surface area contributed by atoms with E-state index in [0.717, 1.165) is 28.9 Å². The zero-order valence-corrected chi connectivity index (χ0v) is 11.4. The predicted octanol–water partition coefficient (Wildman–Crippen LogP) is 2.38. The SMILES string of the molecule is O=C(NCC[C@H]1CCCN1)c1csc(Br)c1. The first-order chi connectivity index (χ1) is 7.75. The highest BCUT2D eigenvalue weighted by Gasteiger charge is 2.14. The molecule has 3 nitrogen and oxygen atoms in total. The Kier molecular flexibility index (Phi) is 4.37. The van der Waals surface area contributed by atoms with Crippen molar-refractivity contribution in [1.82, 2.24) is 10.6 Å². The van der Waals surface area contributed by atoms with Crippen molar-refractivity contribution in [2.24, 2.45) is 0 Å². The summed E-state index contributed by atoms with van der Waals surface area (Å²) in [5.41, 5.74) is 0.747. The third kappa shape index (κ3) is 3.30. The molecular weight excluding hydrogens is 288 g/mol. The molecular formula is C11H15BrN2OS. The first-order valence-corrected chi connectivity index (χ1v) is 7.18. The third-order valence-electron chi connectivity index (χ3n) is 2.77. The minimum Gasteiger partial charge on any atom is -0.352 e. The second-order valence-corrected chi connectivity index (χ2v) is 6.27. The van der Waals surface area contributed by atoms with E-state index in [9.17, 15) is 4.79 Å². The van der Waals surface area contributed by atoms with Crippen LogP contribution in [0.2, 0.25) is 0 Å². The molecule has 0 unspecified atom stereocenters. The molecule has 1 atom stereocenters. The fourth-order valence-corrected chi connectivity index (χ4v) is 3.03. The van der Waals surface area contributed by atoms with E-state index in [2.05, 4.69) is 26.6 Å². The Labute approximate surface area is 108 Å². The summed E-state index contributed by atoms with van der Waals surface area (Å²) in [6.07, 6.45) is 3.52. The Morgan fingerprint density at radius 2 is 2.56 bits per heavy atom. The van der Waals surface area contributed by atoms with Gasteiger partial charge in [0.2, 0.25) is 0 Å². The summed E-state index contributed by atoms with van der Waals surface area (Å²) in [6, 6.07) is 2.45. The van der Waals surface area contributed by atoms with Gasteiger partial charge in [0.15, 0.2) is 0 Å². The fraction of sp³-hybridized carbons (Fsp3) is 0.545. The van der Waals surface area contributed by atoms with Crippen LogP contribution >= 0.6 is 27.3 Å². The molecule has 1 fully saturated rings. The Bertz CT molecular complexity index is 361. The van der Waals surface area contributed by atoms with Crippen molar-refractivity contribution >= 4 is 33.2 Å². The minimum absolute atomic E-state index is 0.0277. The van der Waals surface area contributed by atoms with Crippen LogP contribution in [0.25, 0.3) is 0 Å². The maximum absolute atomic E-state index is 11.7. The van der Waals surface area contributed by atoms with E-state index >= 15 is 0 Å². The Hall–Kier alpha value is -0.390. The Balaban J connectivity index is 1.71. The highest BCUT2D eigenvalue weighted by Crippen LogP contribution is 2.20. The molecule has 2 rings (SSSR count). The number of carbonyl (C=O) groups excluding carboxylic acids is 1. The van der Waals surface area contributed by atoms with Crippen LogP contribution in [0.5, 0.6) is 0 Å². The summed E-state index contributed by atoms with van der Waals surface area (Å²) in [5.74, 6) is 0.0277. The molecule has 1 saturated heterocycles. The van der Waals surface area contributed by atoms with Crippen molar-refractivity contribution in [2.75, 3.05) is 13.1 Å². The van der Waals surface area contributed by atoms with Crippen LogP contribution < -0.4 is 10.6 Å². The van der Waals surface area contributed by atoms with E-state index in [1.54, 1.807) is 0 Å². The first-order valence-electron chi connectivity index (χ1n) is 5.51. The van der Waals surface area contributed by atoms with Crippen molar-refractivity contribution in [1.29, 1.82) is 0 Å². The summed E-state index contributed by atoms with van der Waals surface area (Å²) in [4.78, 5) is 11.7. The number of nitrogens with one attached hydrogen (secondary N) is 2. The lowest BCUT2D eigenvalue weighted by atomic mass is 10.1. The van der Waals surface area contributed by atoms with Crippen LogP contribution in [-0.4, -0.2) is 25.0 Å². The van der Waals surface area contributed by atoms with Crippen molar-refractivity contribution in [2.45, 2.75) is 25.3 Å². The summed E-state index contributed by atoms with van der Waals surface area (Å²) in [6.45, 7) is 1.88. The predicted molar refractivity (Wildman–Crippen MR) is 70.0 cm³/mol. The summed E-state index contributed by atoms with van der Waals surface area (Å²) in [7, 11) is 0. The van der Waals surface area contributed by atoms with Gasteiger partial charge in [0, 0.05) is 18.0 Å². The number of halogens is 1. The van der Waals surface area contributed by atoms with Crippen molar-refractivity contribution in [3.8, 4) is 0 Å². The molecule has 1 aromatic rings. The van der Waals surface area contributed by atoms with Crippen LogP contribution in [0.15, 0.2) is 15.2 Å². The standard InChI is InChI=1S/C11H15BrN2OS/c12-10-6-8(7-16-10)11(15)14-5-3-9-2-1-4-13-9/h6-7,9,13H,1-5H2,(H,14,15)/t9-/m1/s1. The highest BCUT2D eigenvalue weighted by atomic mass is 79.9. The lowest BCUT2D eigenvalue weighted by Gasteiger charge is -2.10. The summed E-state index contributed by atoms with van der Waals surface area (Å²) in [5, 5.41) is 8.23. The van der Waals surface area contributed by atoms with Gasteiger partial charge in [0.05, 0.1) is 9.35 Å². The van der Waals surface area contributed by atoms with Crippen molar-refractivity contribution in [3.63, 3.8) is 0 Å². The number of rotatable bonds is 4. The second kappa shape index (κ2) is 5.80. The lowest BCUT2D eigenvalue weighted by molar-refractivity contribution is 0.0953. The number of amides is 1. The van der Waals surface area contributed by atoms with Gasteiger partial charge in [-0.1, -0.05) is 0 Å². The molecule has 1 amide bonds. The molecule has 1 aliphatic heterocycles. The van der Waals surface area contributed by atoms with Gasteiger partial charge in [0.1, 0.15) is 0 Å². The van der Waals surface area contributed by atoms with Gasteiger partial charge in [-0.2, -0.15) is 0 Å². The maximum Gasteiger partial charge on any atom is 0.252 e. The minimum atomic E-state index is 0.0277. The van der Waals surface area contributed by atoms with E-state index in [1.165, 1.54) is 24.2 Å². The van der Waals surface area contributed by atoms with Gasteiger partial charge in [-0.05, 0) is 47.8 Å². The van der Waals surface area contributed by atoms with E-state index in [0.29, 0.717) is 6.04 Å². The highest BCUT2D eigenvalue weighted by molar-refractivity contribution is 9.11. The molecule has 88 valence electrons. The molecule has 5 heteroatoms. The zero-order chi connectivity index (χ0) is 11.4. The van der Waals surface area contributed by atoms with Crippen molar-refractivity contribution < 1.29 is 4.79 Å². The van der Waals surface area contributed by atoms with E-state index in [-0.39, 0.29) is 5.91 Å². The van der Waals surface area contributed by atoms with Gasteiger partial charge < -0.3 is 10.6 Å². The third-order valence-corrected chi connectivity index (χ3v) is 4.27. The molecule has 0 saturated carbocycles. The molecule has 16 heavy (non-hydrogen) atoms. The molecule has 0 spiro atoms. The fourth-order valence-electron chi connectivity index (χ4n) is 1.89. The quantitative estimate of drug-likeness (QED) is 0.896. The average Bonchev–Trinajstić information content (AvgIpc) is 2.89. The molecule has 1 aliphatic rings.